The second-order valence-corrected chi connectivity index (χ2v) is 9.07. The van der Waals surface area contributed by atoms with E-state index in [4.69, 9.17) is 0 Å². The molecule has 1 aromatic carbocycles. The highest BCUT2D eigenvalue weighted by atomic mass is 16.2. The number of aromatic nitrogens is 1. The Morgan fingerprint density at radius 1 is 1.00 bits per heavy atom. The average Bonchev–Trinajstić information content (AvgIpc) is 2.85. The Kier molecular flexibility index (Phi) is 5.98. The number of carbonyl (C=O) groups excluding carboxylic acids is 3. The number of pyridine rings is 1. The molecule has 2 aromatic rings. The van der Waals surface area contributed by atoms with Gasteiger partial charge in [0, 0.05) is 44.5 Å². The number of hydrogen-bond acceptors (Lipinski definition) is 5. The molecule has 0 spiro atoms. The molecular formula is C25H29N5O3. The highest BCUT2D eigenvalue weighted by Gasteiger charge is 2.30. The summed E-state index contributed by atoms with van der Waals surface area (Å²) in [6.45, 7) is 3.03. The smallest absolute Gasteiger partial charge is 0.313 e. The van der Waals surface area contributed by atoms with Gasteiger partial charge in [-0.25, -0.2) is 4.98 Å². The van der Waals surface area contributed by atoms with E-state index < -0.39 is 11.8 Å². The first-order valence-corrected chi connectivity index (χ1v) is 11.8. The summed E-state index contributed by atoms with van der Waals surface area (Å²) < 4.78 is 0. The summed E-state index contributed by atoms with van der Waals surface area (Å²) >= 11 is 0. The molecule has 4 heterocycles. The normalized spacial score (nSPS) is 18.0. The van der Waals surface area contributed by atoms with Crippen molar-refractivity contribution in [3.05, 3.63) is 47.7 Å². The average molecular weight is 448 g/mol. The third-order valence-corrected chi connectivity index (χ3v) is 6.88. The van der Waals surface area contributed by atoms with E-state index in [1.54, 1.807) is 6.20 Å². The zero-order chi connectivity index (χ0) is 22.8. The molecule has 3 aliphatic heterocycles. The maximum Gasteiger partial charge on any atom is 0.313 e. The van der Waals surface area contributed by atoms with Crippen molar-refractivity contribution in [2.45, 2.75) is 38.5 Å². The van der Waals surface area contributed by atoms with Gasteiger partial charge >= 0.3 is 11.8 Å². The van der Waals surface area contributed by atoms with Crippen LogP contribution in [-0.4, -0.2) is 48.9 Å². The quantitative estimate of drug-likeness (QED) is 0.702. The third-order valence-electron chi connectivity index (χ3n) is 6.88. The summed E-state index contributed by atoms with van der Waals surface area (Å²) in [7, 11) is 0. The molecule has 1 fully saturated rings. The van der Waals surface area contributed by atoms with Crippen molar-refractivity contribution >= 4 is 34.9 Å². The standard InChI is InChI=1S/C25H29N5O3/c31-22-7-6-19-15-20(14-18-4-3-11-30(22)23(18)19)28-25(33)24(32)27-16-17-8-12-29(13-9-17)21-5-1-2-10-26-21/h1-2,5,10,14-15,17H,3-4,6-9,11-13,16H2,(H,27,32)(H,28,33). The van der Waals surface area contributed by atoms with Gasteiger partial charge < -0.3 is 20.4 Å². The molecule has 0 unspecified atom stereocenters. The fraction of sp³-hybridized carbons (Fsp3) is 0.440. The summed E-state index contributed by atoms with van der Waals surface area (Å²) in [4.78, 5) is 45.7. The summed E-state index contributed by atoms with van der Waals surface area (Å²) in [5.74, 6) is 0.248. The van der Waals surface area contributed by atoms with Gasteiger partial charge in [-0.1, -0.05) is 6.07 Å². The Bertz CT molecular complexity index is 1050. The third kappa shape index (κ3) is 4.55. The van der Waals surface area contributed by atoms with E-state index in [0.717, 1.165) is 67.9 Å². The number of hydrogen-bond donors (Lipinski definition) is 2. The number of carbonyl (C=O) groups is 3. The largest absolute Gasteiger partial charge is 0.357 e. The first-order valence-electron chi connectivity index (χ1n) is 11.8. The summed E-state index contributed by atoms with van der Waals surface area (Å²) in [6, 6.07) is 9.72. The Balaban J connectivity index is 1.14. The molecule has 0 bridgehead atoms. The highest BCUT2D eigenvalue weighted by molar-refractivity contribution is 6.39. The van der Waals surface area contributed by atoms with Gasteiger partial charge in [-0.05, 0) is 73.4 Å². The van der Waals surface area contributed by atoms with Gasteiger partial charge in [0.15, 0.2) is 0 Å². The molecule has 172 valence electrons. The fourth-order valence-electron chi connectivity index (χ4n) is 5.14. The first kappa shape index (κ1) is 21.4. The molecule has 2 N–H and O–H groups in total. The lowest BCUT2D eigenvalue weighted by Crippen LogP contribution is -2.42. The molecule has 1 aromatic heterocycles. The van der Waals surface area contributed by atoms with Crippen LogP contribution in [0.1, 0.15) is 36.8 Å². The molecular weight excluding hydrogens is 418 g/mol. The van der Waals surface area contributed by atoms with Gasteiger partial charge in [0.2, 0.25) is 5.91 Å². The molecule has 0 radical (unpaired) electrons. The fourth-order valence-corrected chi connectivity index (χ4v) is 5.14. The number of nitrogens with zero attached hydrogens (tertiary/aromatic N) is 3. The van der Waals surface area contributed by atoms with Crippen LogP contribution in [0.3, 0.4) is 0 Å². The van der Waals surface area contributed by atoms with E-state index in [1.807, 2.05) is 35.2 Å². The van der Waals surface area contributed by atoms with Crippen molar-refractivity contribution in [2.75, 3.05) is 41.3 Å². The van der Waals surface area contributed by atoms with E-state index in [1.165, 1.54) is 0 Å². The molecule has 8 heteroatoms. The topological polar surface area (TPSA) is 94.6 Å². The molecule has 3 amide bonds. The van der Waals surface area contributed by atoms with E-state index in [9.17, 15) is 14.4 Å². The monoisotopic (exact) mass is 447 g/mol. The van der Waals surface area contributed by atoms with Crippen LogP contribution < -0.4 is 20.4 Å². The number of nitrogens with one attached hydrogen (secondary N) is 2. The minimum atomic E-state index is -0.646. The van der Waals surface area contributed by atoms with Crippen molar-refractivity contribution < 1.29 is 14.4 Å². The zero-order valence-corrected chi connectivity index (χ0v) is 18.7. The second-order valence-electron chi connectivity index (χ2n) is 9.07. The number of aryl methyl sites for hydroxylation is 2. The van der Waals surface area contributed by atoms with E-state index in [-0.39, 0.29) is 5.91 Å². The zero-order valence-electron chi connectivity index (χ0n) is 18.7. The minimum absolute atomic E-state index is 0.172. The molecule has 0 aliphatic carbocycles. The van der Waals surface area contributed by atoms with Gasteiger partial charge in [-0.2, -0.15) is 0 Å². The van der Waals surface area contributed by atoms with Crippen LogP contribution in [0.5, 0.6) is 0 Å². The van der Waals surface area contributed by atoms with Crippen molar-refractivity contribution in [3.63, 3.8) is 0 Å². The van der Waals surface area contributed by atoms with Crippen LogP contribution in [0.2, 0.25) is 0 Å². The van der Waals surface area contributed by atoms with Gasteiger partial charge in [-0.15, -0.1) is 0 Å². The van der Waals surface area contributed by atoms with Crippen LogP contribution in [0.25, 0.3) is 0 Å². The Hall–Kier alpha value is -3.42. The number of piperidine rings is 1. The Labute approximate surface area is 193 Å². The molecule has 8 nitrogen and oxygen atoms in total. The van der Waals surface area contributed by atoms with Crippen molar-refractivity contribution in [3.8, 4) is 0 Å². The maximum absolute atomic E-state index is 12.5. The maximum atomic E-state index is 12.5. The van der Waals surface area contributed by atoms with Crippen molar-refractivity contribution in [1.29, 1.82) is 0 Å². The molecule has 5 rings (SSSR count). The number of amides is 3. The second kappa shape index (κ2) is 9.21. The number of benzene rings is 1. The van der Waals surface area contributed by atoms with Gasteiger partial charge in [-0.3, -0.25) is 14.4 Å². The first-order chi connectivity index (χ1) is 16.1. The molecule has 0 atom stereocenters. The molecule has 3 aliphatic rings. The van der Waals surface area contributed by atoms with E-state index in [0.29, 0.717) is 31.0 Å². The van der Waals surface area contributed by atoms with Crippen LogP contribution in [0, 0.1) is 5.92 Å². The van der Waals surface area contributed by atoms with Crippen molar-refractivity contribution in [1.82, 2.24) is 10.3 Å². The van der Waals surface area contributed by atoms with Gasteiger partial charge in [0.05, 0.1) is 5.69 Å². The van der Waals surface area contributed by atoms with Crippen molar-refractivity contribution in [2.24, 2.45) is 5.92 Å². The number of anilines is 3. The predicted molar refractivity (Wildman–Crippen MR) is 126 cm³/mol. The summed E-state index contributed by atoms with van der Waals surface area (Å²) in [5.41, 5.74) is 3.78. The lowest BCUT2D eigenvalue weighted by molar-refractivity contribution is -0.136. The lowest BCUT2D eigenvalue weighted by atomic mass is 9.91. The van der Waals surface area contributed by atoms with Crippen LogP contribution in [-0.2, 0) is 27.2 Å². The minimum Gasteiger partial charge on any atom is -0.357 e. The number of rotatable bonds is 4. The molecule has 33 heavy (non-hydrogen) atoms. The highest BCUT2D eigenvalue weighted by Crippen LogP contribution is 2.37. The van der Waals surface area contributed by atoms with Crippen LogP contribution in [0.4, 0.5) is 17.2 Å². The lowest BCUT2D eigenvalue weighted by Gasteiger charge is -2.35. The van der Waals surface area contributed by atoms with E-state index in [2.05, 4.69) is 20.5 Å². The SMILES string of the molecule is O=C(NCC1CCN(c2ccccn2)CC1)C(=O)Nc1cc2c3c(c1)CCC(=O)N3CCC2. The summed E-state index contributed by atoms with van der Waals surface area (Å²) in [5, 5.41) is 5.57. The molecule has 1 saturated heterocycles. The van der Waals surface area contributed by atoms with Gasteiger partial charge in [0.25, 0.3) is 0 Å². The van der Waals surface area contributed by atoms with E-state index >= 15 is 0 Å². The predicted octanol–water partition coefficient (Wildman–Crippen LogP) is 2.28. The Morgan fingerprint density at radius 2 is 1.79 bits per heavy atom. The summed E-state index contributed by atoms with van der Waals surface area (Å²) in [6.07, 6.45) is 6.64. The van der Waals surface area contributed by atoms with Crippen LogP contribution in [0.15, 0.2) is 36.5 Å². The van der Waals surface area contributed by atoms with Gasteiger partial charge in [0.1, 0.15) is 5.82 Å². The Morgan fingerprint density at radius 3 is 2.55 bits per heavy atom. The van der Waals surface area contributed by atoms with Crippen LogP contribution >= 0.6 is 0 Å². The molecule has 0 saturated carbocycles.